The van der Waals surface area contributed by atoms with Crippen LogP contribution in [-0.2, 0) is 9.47 Å². The number of hydrogen-bond acceptors (Lipinski definition) is 6. The first-order valence-electron chi connectivity index (χ1n) is 6.17. The van der Waals surface area contributed by atoms with Crippen LogP contribution in [0.4, 0.5) is 0 Å². The van der Waals surface area contributed by atoms with Crippen molar-refractivity contribution in [2.24, 2.45) is 0 Å². The summed E-state index contributed by atoms with van der Waals surface area (Å²) < 4.78 is 17.4. The standard InChI is InChI=1S/C13H16O6/c1-18-13(17)12(16)10(15)11(19-13)9(14)7-8-5-3-2-4-6-8/h2-7,10-12,14-17H,1H3/t10-,11-,12-,13?/m1/s1/i7D. The maximum absolute atomic E-state index is 10.0. The predicted octanol–water partition coefficient (Wildman–Crippen LogP) is -0.00140. The fourth-order valence-electron chi connectivity index (χ4n) is 1.83. The monoisotopic (exact) mass is 269 g/mol. The third kappa shape index (κ3) is 2.63. The zero-order chi connectivity index (χ0) is 14.9. The van der Waals surface area contributed by atoms with Crippen LogP contribution >= 0.6 is 0 Å². The lowest BCUT2D eigenvalue weighted by atomic mass is 10.1. The molecular formula is C13H16O6. The second-order valence-corrected chi connectivity index (χ2v) is 4.18. The van der Waals surface area contributed by atoms with Crippen molar-refractivity contribution in [1.29, 1.82) is 0 Å². The first-order chi connectivity index (χ1) is 9.40. The molecule has 4 atom stereocenters. The summed E-state index contributed by atoms with van der Waals surface area (Å²) in [6.45, 7) is 0. The second-order valence-electron chi connectivity index (χ2n) is 4.18. The molecule has 1 saturated heterocycles. The third-order valence-corrected chi connectivity index (χ3v) is 2.91. The van der Waals surface area contributed by atoms with E-state index in [0.29, 0.717) is 5.56 Å². The molecule has 0 aromatic heterocycles. The molecule has 104 valence electrons. The molecule has 1 heterocycles. The number of rotatable bonds is 3. The van der Waals surface area contributed by atoms with Gasteiger partial charge in [-0.05, 0) is 11.6 Å². The Balaban J connectivity index is 2.32. The molecule has 0 radical (unpaired) electrons. The Bertz CT molecular complexity index is 505. The Morgan fingerprint density at radius 1 is 1.42 bits per heavy atom. The van der Waals surface area contributed by atoms with Crippen LogP contribution in [0.25, 0.3) is 6.05 Å². The van der Waals surface area contributed by atoms with Crippen molar-refractivity contribution in [1.82, 2.24) is 0 Å². The molecule has 0 aliphatic carbocycles. The summed E-state index contributed by atoms with van der Waals surface area (Å²) >= 11 is 0. The Morgan fingerprint density at radius 3 is 2.58 bits per heavy atom. The minimum atomic E-state index is -2.42. The van der Waals surface area contributed by atoms with Crippen LogP contribution in [0.2, 0.25) is 0 Å². The molecule has 0 bridgehead atoms. The minimum Gasteiger partial charge on any atom is -0.509 e. The van der Waals surface area contributed by atoms with Gasteiger partial charge in [-0.2, -0.15) is 0 Å². The first-order valence-corrected chi connectivity index (χ1v) is 5.67. The molecule has 0 saturated carbocycles. The number of ether oxygens (including phenoxy) is 2. The van der Waals surface area contributed by atoms with E-state index < -0.39 is 30.0 Å². The van der Waals surface area contributed by atoms with Gasteiger partial charge in [0.25, 0.3) is 0 Å². The van der Waals surface area contributed by atoms with Gasteiger partial charge in [0.1, 0.15) is 18.0 Å². The van der Waals surface area contributed by atoms with Crippen molar-refractivity contribution >= 4 is 6.05 Å². The smallest absolute Gasteiger partial charge is 0.311 e. The molecule has 1 aliphatic rings. The van der Waals surface area contributed by atoms with Gasteiger partial charge >= 0.3 is 5.97 Å². The normalized spacial score (nSPS) is 36.8. The fraction of sp³-hybridized carbons (Fsp3) is 0.385. The zero-order valence-corrected chi connectivity index (χ0v) is 10.2. The highest BCUT2D eigenvalue weighted by Crippen LogP contribution is 2.33. The largest absolute Gasteiger partial charge is 0.509 e. The van der Waals surface area contributed by atoms with Crippen molar-refractivity contribution in [3.8, 4) is 0 Å². The van der Waals surface area contributed by atoms with Crippen molar-refractivity contribution in [3.63, 3.8) is 0 Å². The van der Waals surface area contributed by atoms with Gasteiger partial charge in [-0.1, -0.05) is 30.3 Å². The third-order valence-electron chi connectivity index (χ3n) is 2.91. The lowest BCUT2D eigenvalue weighted by Crippen LogP contribution is -2.44. The van der Waals surface area contributed by atoms with E-state index in [1.807, 2.05) is 0 Å². The van der Waals surface area contributed by atoms with Gasteiger partial charge < -0.3 is 29.9 Å². The van der Waals surface area contributed by atoms with Gasteiger partial charge in [0, 0.05) is 7.11 Å². The SMILES string of the molecule is [2H]C(=C(O)[C@H]1OC(O)(OC)[C@H](O)[C@@H]1O)c1ccccc1. The maximum Gasteiger partial charge on any atom is 0.311 e. The molecule has 1 aromatic carbocycles. The van der Waals surface area contributed by atoms with E-state index in [2.05, 4.69) is 4.74 Å². The van der Waals surface area contributed by atoms with E-state index in [9.17, 15) is 20.4 Å². The summed E-state index contributed by atoms with van der Waals surface area (Å²) in [5, 5.41) is 39.2. The Morgan fingerprint density at radius 2 is 2.05 bits per heavy atom. The molecule has 6 nitrogen and oxygen atoms in total. The minimum absolute atomic E-state index is 0.276. The number of hydrogen-bond donors (Lipinski definition) is 4. The van der Waals surface area contributed by atoms with Crippen molar-refractivity contribution in [3.05, 3.63) is 41.7 Å². The summed E-state index contributed by atoms with van der Waals surface area (Å²) in [6, 6.07) is 8.04. The van der Waals surface area contributed by atoms with Crippen LogP contribution in [0.3, 0.4) is 0 Å². The van der Waals surface area contributed by atoms with E-state index in [1.54, 1.807) is 30.3 Å². The average molecular weight is 269 g/mol. The van der Waals surface area contributed by atoms with Crippen LogP contribution in [0.5, 0.6) is 0 Å². The summed E-state index contributed by atoms with van der Waals surface area (Å²) in [4.78, 5) is 0. The highest BCUT2D eigenvalue weighted by molar-refractivity contribution is 5.51. The topological polar surface area (TPSA) is 99.4 Å². The van der Waals surface area contributed by atoms with E-state index in [4.69, 9.17) is 6.11 Å². The number of benzene rings is 1. The van der Waals surface area contributed by atoms with Gasteiger partial charge in [0.2, 0.25) is 0 Å². The summed E-state index contributed by atoms with van der Waals surface area (Å²) in [5.74, 6) is -3.02. The number of aliphatic hydroxyl groups is 4. The van der Waals surface area contributed by atoms with E-state index in [-0.39, 0.29) is 6.05 Å². The molecule has 0 spiro atoms. The summed E-state index contributed by atoms with van der Waals surface area (Å²) in [6.07, 6.45) is -4.84. The van der Waals surface area contributed by atoms with Gasteiger partial charge in [-0.15, -0.1) is 0 Å². The molecule has 1 aliphatic heterocycles. The lowest BCUT2D eigenvalue weighted by molar-refractivity contribution is -0.365. The summed E-state index contributed by atoms with van der Waals surface area (Å²) in [5.41, 5.74) is 0.406. The predicted molar refractivity (Wildman–Crippen MR) is 65.9 cm³/mol. The van der Waals surface area contributed by atoms with E-state index in [0.717, 1.165) is 7.11 Å². The van der Waals surface area contributed by atoms with Crippen molar-refractivity contribution < 1.29 is 31.3 Å². The summed E-state index contributed by atoms with van der Waals surface area (Å²) in [7, 11) is 1.08. The fourth-order valence-corrected chi connectivity index (χ4v) is 1.83. The molecular weight excluding hydrogens is 252 g/mol. The van der Waals surface area contributed by atoms with E-state index >= 15 is 0 Å². The first kappa shape index (κ1) is 12.6. The molecule has 4 N–H and O–H groups in total. The molecule has 2 rings (SSSR count). The molecule has 1 fully saturated rings. The average Bonchev–Trinajstić information content (AvgIpc) is 2.72. The molecule has 6 heteroatoms. The Hall–Kier alpha value is -1.44. The van der Waals surface area contributed by atoms with Gasteiger partial charge in [-0.3, -0.25) is 0 Å². The van der Waals surface area contributed by atoms with Crippen molar-refractivity contribution in [2.75, 3.05) is 7.11 Å². The lowest BCUT2D eigenvalue weighted by Gasteiger charge is -2.22. The number of methoxy groups -OCH3 is 1. The van der Waals surface area contributed by atoms with Crippen LogP contribution in [-0.4, -0.2) is 51.8 Å². The number of aliphatic hydroxyl groups excluding tert-OH is 3. The van der Waals surface area contributed by atoms with E-state index in [1.165, 1.54) is 0 Å². The van der Waals surface area contributed by atoms with Gasteiger partial charge in [0.15, 0.2) is 6.10 Å². The van der Waals surface area contributed by atoms with Gasteiger partial charge in [-0.25, -0.2) is 0 Å². The van der Waals surface area contributed by atoms with Crippen LogP contribution < -0.4 is 0 Å². The van der Waals surface area contributed by atoms with Crippen LogP contribution in [0.1, 0.15) is 6.93 Å². The van der Waals surface area contributed by atoms with Crippen LogP contribution in [0.15, 0.2) is 36.1 Å². The molecule has 1 aromatic rings. The molecule has 1 unspecified atom stereocenters. The second kappa shape index (κ2) is 5.28. The zero-order valence-electron chi connectivity index (χ0n) is 11.2. The Labute approximate surface area is 111 Å². The molecule has 0 amide bonds. The van der Waals surface area contributed by atoms with Gasteiger partial charge in [0.05, 0.1) is 1.37 Å². The molecule has 19 heavy (non-hydrogen) atoms. The maximum atomic E-state index is 10.0. The highest BCUT2D eigenvalue weighted by Gasteiger charge is 2.55. The Kier molecular flexibility index (Phi) is 3.50. The highest BCUT2D eigenvalue weighted by atomic mass is 16.8. The van der Waals surface area contributed by atoms with Crippen molar-refractivity contribution in [2.45, 2.75) is 24.3 Å². The quantitative estimate of drug-likeness (QED) is 0.455. The van der Waals surface area contributed by atoms with Crippen LogP contribution in [0, 0.1) is 0 Å².